The van der Waals surface area contributed by atoms with E-state index < -0.39 is 0 Å². The molecule has 1 aliphatic heterocycles. The molecular weight excluding hydrogens is 348 g/mol. The van der Waals surface area contributed by atoms with E-state index >= 15 is 0 Å². The van der Waals surface area contributed by atoms with Gasteiger partial charge >= 0.3 is 0 Å². The lowest BCUT2D eigenvalue weighted by Gasteiger charge is -2.29. The minimum absolute atomic E-state index is 0.0490. The molecule has 0 spiro atoms. The van der Waals surface area contributed by atoms with Crippen LogP contribution in [0.3, 0.4) is 0 Å². The number of nitrogens with zero attached hydrogens (tertiary/aromatic N) is 1. The largest absolute Gasteiger partial charge is 0.490 e. The molecule has 1 N–H and O–H groups in total. The summed E-state index contributed by atoms with van der Waals surface area (Å²) >= 11 is 0. The summed E-state index contributed by atoms with van der Waals surface area (Å²) < 4.78 is 6.08. The zero-order valence-corrected chi connectivity index (χ0v) is 17.5. The van der Waals surface area contributed by atoms with E-state index in [9.17, 15) is 4.79 Å². The van der Waals surface area contributed by atoms with Crippen LogP contribution in [0.5, 0.6) is 5.75 Å². The number of hydrogen-bond acceptors (Lipinski definition) is 3. The van der Waals surface area contributed by atoms with Gasteiger partial charge in [0.05, 0.1) is 0 Å². The van der Waals surface area contributed by atoms with Crippen LogP contribution in [-0.2, 0) is 12.0 Å². The first-order chi connectivity index (χ1) is 13.3. The Bertz CT molecular complexity index is 768. The van der Waals surface area contributed by atoms with Crippen molar-refractivity contribution in [3.8, 4) is 5.75 Å². The second kappa shape index (κ2) is 8.78. The average molecular weight is 381 g/mol. The number of nitrogens with one attached hydrogen (secondary N) is 1. The number of likely N-dealkylation sites (tertiary alicyclic amines) is 1. The standard InChI is InChI=1S/C24H32N2O2/c1-24(2,3)20-9-7-19(8-10-20)23(27)25-17-18-5-11-21(12-6-18)28-22-13-15-26(4)16-14-22/h5-12,22H,13-17H2,1-4H3,(H,25,27). The molecule has 0 bridgehead atoms. The SMILES string of the molecule is CN1CCC(Oc2ccc(CNC(=O)c3ccc(C(C)(C)C)cc3)cc2)CC1. The Labute approximate surface area is 168 Å². The summed E-state index contributed by atoms with van der Waals surface area (Å²) in [6.45, 7) is 9.19. The molecule has 2 aromatic rings. The molecule has 1 heterocycles. The molecule has 0 radical (unpaired) electrons. The predicted octanol–water partition coefficient (Wildman–Crippen LogP) is 4.39. The van der Waals surface area contributed by atoms with Crippen LogP contribution in [0.15, 0.2) is 48.5 Å². The van der Waals surface area contributed by atoms with Gasteiger partial charge in [-0.1, -0.05) is 45.0 Å². The highest BCUT2D eigenvalue weighted by molar-refractivity contribution is 5.94. The van der Waals surface area contributed by atoms with Crippen LogP contribution < -0.4 is 10.1 Å². The molecule has 1 amide bonds. The highest BCUT2D eigenvalue weighted by Gasteiger charge is 2.18. The lowest BCUT2D eigenvalue weighted by molar-refractivity contribution is 0.0951. The van der Waals surface area contributed by atoms with Gasteiger partial charge in [-0.2, -0.15) is 0 Å². The first-order valence-corrected chi connectivity index (χ1v) is 10.1. The quantitative estimate of drug-likeness (QED) is 0.837. The normalized spacial score (nSPS) is 16.0. The first kappa shape index (κ1) is 20.4. The zero-order chi connectivity index (χ0) is 20.1. The van der Waals surface area contributed by atoms with Crippen molar-refractivity contribution >= 4 is 5.91 Å². The maximum Gasteiger partial charge on any atom is 0.251 e. The van der Waals surface area contributed by atoms with Gasteiger partial charge in [0.25, 0.3) is 5.91 Å². The third-order valence-electron chi connectivity index (χ3n) is 5.36. The van der Waals surface area contributed by atoms with Gasteiger partial charge in [-0.15, -0.1) is 0 Å². The van der Waals surface area contributed by atoms with Gasteiger partial charge in [0.15, 0.2) is 0 Å². The molecule has 0 unspecified atom stereocenters. The zero-order valence-electron chi connectivity index (χ0n) is 17.5. The molecular formula is C24H32N2O2. The number of carbonyl (C=O) groups excluding carboxylic acids is 1. The van der Waals surface area contributed by atoms with E-state index in [4.69, 9.17) is 4.74 Å². The Morgan fingerprint density at radius 1 is 1.04 bits per heavy atom. The third-order valence-corrected chi connectivity index (χ3v) is 5.36. The van der Waals surface area contributed by atoms with Crippen molar-refractivity contribution in [2.24, 2.45) is 0 Å². The van der Waals surface area contributed by atoms with Crippen LogP contribution in [-0.4, -0.2) is 37.0 Å². The second-order valence-corrected chi connectivity index (χ2v) is 8.77. The summed E-state index contributed by atoms with van der Waals surface area (Å²) in [5.41, 5.74) is 3.07. The number of carbonyl (C=O) groups is 1. The van der Waals surface area contributed by atoms with Gasteiger partial charge in [-0.3, -0.25) is 4.79 Å². The van der Waals surface area contributed by atoms with Crippen molar-refractivity contribution in [2.45, 2.75) is 51.7 Å². The molecule has 1 fully saturated rings. The fourth-order valence-corrected chi connectivity index (χ4v) is 3.39. The Morgan fingerprint density at radius 2 is 1.64 bits per heavy atom. The summed E-state index contributed by atoms with van der Waals surface area (Å²) in [6.07, 6.45) is 2.45. The molecule has 2 aromatic carbocycles. The van der Waals surface area contributed by atoms with E-state index in [-0.39, 0.29) is 11.3 Å². The summed E-state index contributed by atoms with van der Waals surface area (Å²) in [4.78, 5) is 14.7. The highest BCUT2D eigenvalue weighted by Crippen LogP contribution is 2.22. The minimum atomic E-state index is -0.0490. The van der Waals surface area contributed by atoms with E-state index in [0.29, 0.717) is 18.2 Å². The molecule has 3 rings (SSSR count). The minimum Gasteiger partial charge on any atom is -0.490 e. The lowest BCUT2D eigenvalue weighted by Crippen LogP contribution is -2.35. The molecule has 0 aromatic heterocycles. The molecule has 1 saturated heterocycles. The monoisotopic (exact) mass is 380 g/mol. The van der Waals surface area contributed by atoms with Crippen molar-refractivity contribution in [3.63, 3.8) is 0 Å². The Hall–Kier alpha value is -2.33. The van der Waals surface area contributed by atoms with Crippen molar-refractivity contribution < 1.29 is 9.53 Å². The summed E-state index contributed by atoms with van der Waals surface area (Å²) in [5, 5.41) is 2.99. The van der Waals surface area contributed by atoms with Crippen LogP contribution in [0.25, 0.3) is 0 Å². The number of rotatable bonds is 5. The van der Waals surface area contributed by atoms with E-state index in [1.54, 1.807) is 0 Å². The fourth-order valence-electron chi connectivity index (χ4n) is 3.39. The van der Waals surface area contributed by atoms with Gasteiger partial charge in [0.1, 0.15) is 11.9 Å². The number of hydrogen-bond donors (Lipinski definition) is 1. The molecule has 0 saturated carbocycles. The topological polar surface area (TPSA) is 41.6 Å². The van der Waals surface area contributed by atoms with E-state index in [0.717, 1.165) is 37.2 Å². The summed E-state index contributed by atoms with van der Waals surface area (Å²) in [7, 11) is 2.15. The molecule has 4 heteroatoms. The Morgan fingerprint density at radius 3 is 2.21 bits per heavy atom. The van der Waals surface area contributed by atoms with Gasteiger partial charge in [0, 0.05) is 25.2 Å². The average Bonchev–Trinajstić information content (AvgIpc) is 2.68. The summed E-state index contributed by atoms with van der Waals surface area (Å²) in [6, 6.07) is 15.9. The van der Waals surface area contributed by atoms with Crippen molar-refractivity contribution in [3.05, 3.63) is 65.2 Å². The molecule has 28 heavy (non-hydrogen) atoms. The highest BCUT2D eigenvalue weighted by atomic mass is 16.5. The van der Waals surface area contributed by atoms with Gasteiger partial charge in [-0.05, 0) is 60.7 Å². The lowest BCUT2D eigenvalue weighted by atomic mass is 9.87. The van der Waals surface area contributed by atoms with Crippen LogP contribution in [0.4, 0.5) is 0 Å². The Kier molecular flexibility index (Phi) is 6.40. The van der Waals surface area contributed by atoms with Crippen LogP contribution in [0.1, 0.15) is 55.1 Å². The van der Waals surface area contributed by atoms with Gasteiger partial charge in [0.2, 0.25) is 0 Å². The van der Waals surface area contributed by atoms with E-state index in [2.05, 4.69) is 38.0 Å². The smallest absolute Gasteiger partial charge is 0.251 e. The van der Waals surface area contributed by atoms with Crippen molar-refractivity contribution in [1.82, 2.24) is 10.2 Å². The predicted molar refractivity (Wildman–Crippen MR) is 114 cm³/mol. The van der Waals surface area contributed by atoms with Gasteiger partial charge < -0.3 is 15.0 Å². The molecule has 0 aliphatic carbocycles. The molecule has 0 atom stereocenters. The van der Waals surface area contributed by atoms with Gasteiger partial charge in [-0.25, -0.2) is 0 Å². The van der Waals surface area contributed by atoms with Crippen LogP contribution in [0, 0.1) is 0 Å². The maximum absolute atomic E-state index is 12.4. The summed E-state index contributed by atoms with van der Waals surface area (Å²) in [5.74, 6) is 0.856. The maximum atomic E-state index is 12.4. The molecule has 150 valence electrons. The van der Waals surface area contributed by atoms with Crippen molar-refractivity contribution in [2.75, 3.05) is 20.1 Å². The second-order valence-electron chi connectivity index (χ2n) is 8.77. The van der Waals surface area contributed by atoms with E-state index in [1.165, 1.54) is 5.56 Å². The third kappa shape index (κ3) is 5.59. The van der Waals surface area contributed by atoms with Crippen LogP contribution in [0.2, 0.25) is 0 Å². The van der Waals surface area contributed by atoms with Crippen molar-refractivity contribution in [1.29, 1.82) is 0 Å². The Balaban J connectivity index is 1.49. The molecule has 1 aliphatic rings. The number of piperidine rings is 1. The number of amides is 1. The van der Waals surface area contributed by atoms with E-state index in [1.807, 2.05) is 48.5 Å². The number of benzene rings is 2. The first-order valence-electron chi connectivity index (χ1n) is 10.1. The molecule has 4 nitrogen and oxygen atoms in total. The number of ether oxygens (including phenoxy) is 1. The fraction of sp³-hybridized carbons (Fsp3) is 0.458. The van der Waals surface area contributed by atoms with Crippen LogP contribution >= 0.6 is 0 Å².